The molecule has 0 N–H and O–H groups in total. The van der Waals surface area contributed by atoms with Gasteiger partial charge < -0.3 is 4.90 Å². The Morgan fingerprint density at radius 1 is 1.30 bits per heavy atom. The van der Waals surface area contributed by atoms with Crippen molar-refractivity contribution in [2.24, 2.45) is 10.9 Å². The van der Waals surface area contributed by atoms with Crippen LogP contribution in [0.4, 0.5) is 0 Å². The summed E-state index contributed by atoms with van der Waals surface area (Å²) in [5.41, 5.74) is 0. The van der Waals surface area contributed by atoms with Gasteiger partial charge >= 0.3 is 0 Å². The van der Waals surface area contributed by atoms with Crippen LogP contribution in [-0.4, -0.2) is 23.3 Å². The van der Waals surface area contributed by atoms with E-state index in [1.165, 1.54) is 0 Å². The Kier molecular flexibility index (Phi) is 1.10. The van der Waals surface area contributed by atoms with Crippen molar-refractivity contribution in [3.8, 4) is 0 Å². The second-order valence-corrected chi connectivity index (χ2v) is 3.11. The monoisotopic (exact) mass is 136 g/mol. The van der Waals surface area contributed by atoms with E-state index in [9.17, 15) is 0 Å². The molecule has 1 saturated heterocycles. The second-order valence-electron chi connectivity index (χ2n) is 3.11. The molecule has 0 aromatic carbocycles. The minimum Gasteiger partial charge on any atom is -0.356 e. The number of hydrogen-bond acceptors (Lipinski definition) is 2. The zero-order valence-corrected chi connectivity index (χ0v) is 6.36. The van der Waals surface area contributed by atoms with Crippen molar-refractivity contribution in [2.45, 2.75) is 25.9 Å². The quantitative estimate of drug-likeness (QED) is 0.489. The molecule has 3 heterocycles. The number of rotatable bonds is 0. The van der Waals surface area contributed by atoms with Gasteiger partial charge in [0.25, 0.3) is 0 Å². The lowest BCUT2D eigenvalue weighted by atomic mass is 9.83. The van der Waals surface area contributed by atoms with Crippen molar-refractivity contribution in [1.29, 1.82) is 0 Å². The van der Waals surface area contributed by atoms with Crippen LogP contribution in [0.3, 0.4) is 0 Å². The summed E-state index contributed by atoms with van der Waals surface area (Å²) in [7, 11) is 0. The smallest absolute Gasteiger partial charge is 0.0910 e. The average molecular weight is 136 g/mol. The molecule has 3 aliphatic heterocycles. The van der Waals surface area contributed by atoms with Crippen LogP contribution in [0.15, 0.2) is 17.3 Å². The standard InChI is InChI=1S/C8H12N2/c1-6-8-3-4-9-5-10(6)7(8)2/h3-8H,1-2H3. The van der Waals surface area contributed by atoms with Crippen molar-refractivity contribution in [1.82, 2.24) is 4.90 Å². The molecule has 0 saturated carbocycles. The van der Waals surface area contributed by atoms with E-state index >= 15 is 0 Å². The van der Waals surface area contributed by atoms with Crippen LogP contribution in [0.2, 0.25) is 0 Å². The first kappa shape index (κ1) is 5.96. The molecule has 2 nitrogen and oxygen atoms in total. The fourth-order valence-electron chi connectivity index (χ4n) is 1.87. The maximum Gasteiger partial charge on any atom is 0.0910 e. The van der Waals surface area contributed by atoms with Gasteiger partial charge in [0, 0.05) is 24.2 Å². The molecule has 2 unspecified atom stereocenters. The lowest BCUT2D eigenvalue weighted by Gasteiger charge is -2.49. The summed E-state index contributed by atoms with van der Waals surface area (Å²) < 4.78 is 0. The molecule has 0 aliphatic carbocycles. The van der Waals surface area contributed by atoms with Crippen molar-refractivity contribution in [3.63, 3.8) is 0 Å². The fourth-order valence-corrected chi connectivity index (χ4v) is 1.87. The Morgan fingerprint density at radius 2 is 2.00 bits per heavy atom. The van der Waals surface area contributed by atoms with Crippen LogP contribution in [0.5, 0.6) is 0 Å². The molecule has 3 rings (SSSR count). The predicted octanol–water partition coefficient (Wildman–Crippen LogP) is 1.25. The summed E-state index contributed by atoms with van der Waals surface area (Å²) in [4.78, 5) is 6.41. The molecule has 0 aromatic rings. The van der Waals surface area contributed by atoms with Crippen molar-refractivity contribution in [2.75, 3.05) is 0 Å². The van der Waals surface area contributed by atoms with E-state index in [0.29, 0.717) is 12.1 Å². The number of aliphatic imine (C=N–C) groups is 1. The molecule has 1 fully saturated rings. The molecule has 2 bridgehead atoms. The minimum absolute atomic E-state index is 0.664. The predicted molar refractivity (Wildman–Crippen MR) is 41.9 cm³/mol. The van der Waals surface area contributed by atoms with Gasteiger partial charge in [0.15, 0.2) is 0 Å². The van der Waals surface area contributed by atoms with Crippen LogP contribution in [-0.2, 0) is 0 Å². The third kappa shape index (κ3) is 0.564. The topological polar surface area (TPSA) is 15.6 Å². The van der Waals surface area contributed by atoms with E-state index < -0.39 is 0 Å². The van der Waals surface area contributed by atoms with Gasteiger partial charge in [-0.05, 0) is 13.8 Å². The first-order valence-corrected chi connectivity index (χ1v) is 3.78. The maximum atomic E-state index is 4.11. The number of nitrogens with zero attached hydrogens (tertiary/aromatic N) is 2. The molecular formula is C8H12N2. The highest BCUT2D eigenvalue weighted by Gasteiger charge is 2.40. The zero-order chi connectivity index (χ0) is 7.14. The third-order valence-corrected chi connectivity index (χ3v) is 2.65. The summed E-state index contributed by atoms with van der Waals surface area (Å²) in [6, 6.07) is 1.33. The van der Waals surface area contributed by atoms with E-state index in [1.807, 2.05) is 12.5 Å². The van der Waals surface area contributed by atoms with E-state index in [2.05, 4.69) is 29.8 Å². The van der Waals surface area contributed by atoms with Gasteiger partial charge in [-0.25, -0.2) is 4.99 Å². The number of hydrogen-bond donors (Lipinski definition) is 0. The first-order chi connectivity index (χ1) is 4.80. The largest absolute Gasteiger partial charge is 0.356 e. The summed E-state index contributed by atoms with van der Waals surface area (Å²) in [5.74, 6) is 0.725. The normalized spacial score (nSPS) is 43.0. The highest BCUT2D eigenvalue weighted by Crippen LogP contribution is 2.32. The van der Waals surface area contributed by atoms with E-state index in [1.54, 1.807) is 0 Å². The van der Waals surface area contributed by atoms with E-state index in [0.717, 1.165) is 5.92 Å². The maximum absolute atomic E-state index is 4.11. The van der Waals surface area contributed by atoms with Gasteiger partial charge in [0.2, 0.25) is 0 Å². The molecular weight excluding hydrogens is 124 g/mol. The van der Waals surface area contributed by atoms with Crippen molar-refractivity contribution in [3.05, 3.63) is 12.3 Å². The summed E-state index contributed by atoms with van der Waals surface area (Å²) in [5, 5.41) is 0. The summed E-state index contributed by atoms with van der Waals surface area (Å²) >= 11 is 0. The molecule has 0 spiro atoms. The van der Waals surface area contributed by atoms with Gasteiger partial charge in [-0.1, -0.05) is 6.08 Å². The minimum atomic E-state index is 0.664. The van der Waals surface area contributed by atoms with Crippen molar-refractivity contribution < 1.29 is 0 Å². The van der Waals surface area contributed by atoms with Gasteiger partial charge in [-0.3, -0.25) is 0 Å². The van der Waals surface area contributed by atoms with Gasteiger partial charge in [0.05, 0.1) is 6.34 Å². The SMILES string of the molecule is CC1C2C=CN=CN1C2C. The van der Waals surface area contributed by atoms with E-state index in [4.69, 9.17) is 0 Å². The highest BCUT2D eigenvalue weighted by molar-refractivity contribution is 5.60. The molecule has 0 radical (unpaired) electrons. The lowest BCUT2D eigenvalue weighted by Crippen LogP contribution is -2.58. The molecule has 2 heteroatoms. The first-order valence-electron chi connectivity index (χ1n) is 3.78. The van der Waals surface area contributed by atoms with Gasteiger partial charge in [-0.15, -0.1) is 0 Å². The Hall–Kier alpha value is -0.790. The number of fused-ring (bicyclic) bond motifs is 1. The Bertz CT molecular complexity index is 165. The van der Waals surface area contributed by atoms with Gasteiger partial charge in [0.1, 0.15) is 0 Å². The van der Waals surface area contributed by atoms with E-state index in [-0.39, 0.29) is 0 Å². The van der Waals surface area contributed by atoms with Crippen LogP contribution < -0.4 is 0 Å². The molecule has 10 heavy (non-hydrogen) atoms. The molecule has 0 amide bonds. The molecule has 54 valence electrons. The molecule has 2 atom stereocenters. The van der Waals surface area contributed by atoms with Crippen LogP contribution in [0, 0.1) is 5.92 Å². The fraction of sp³-hybridized carbons (Fsp3) is 0.625. The Balaban J connectivity index is 2.27. The van der Waals surface area contributed by atoms with Crippen LogP contribution in [0.1, 0.15) is 13.8 Å². The zero-order valence-electron chi connectivity index (χ0n) is 6.36. The summed E-state index contributed by atoms with van der Waals surface area (Å²) in [6.07, 6.45) is 6.05. The molecule has 3 aliphatic rings. The average Bonchev–Trinajstić information content (AvgIpc) is 2.22. The Labute approximate surface area is 61.2 Å². The van der Waals surface area contributed by atoms with Crippen LogP contribution >= 0.6 is 0 Å². The second kappa shape index (κ2) is 1.84. The molecule has 0 aromatic heterocycles. The third-order valence-electron chi connectivity index (χ3n) is 2.65. The summed E-state index contributed by atoms with van der Waals surface area (Å²) in [6.45, 7) is 4.48. The lowest BCUT2D eigenvalue weighted by molar-refractivity contribution is 0.0708. The Morgan fingerprint density at radius 3 is 2.70 bits per heavy atom. The van der Waals surface area contributed by atoms with Gasteiger partial charge in [-0.2, -0.15) is 0 Å². The van der Waals surface area contributed by atoms with Crippen molar-refractivity contribution >= 4 is 6.34 Å². The highest BCUT2D eigenvalue weighted by atomic mass is 15.3. The van der Waals surface area contributed by atoms with Crippen LogP contribution in [0.25, 0.3) is 0 Å².